The second-order valence-electron chi connectivity index (χ2n) is 9.73. The van der Waals surface area contributed by atoms with Gasteiger partial charge < -0.3 is 19.1 Å². The predicted octanol–water partition coefficient (Wildman–Crippen LogP) is 6.55. The summed E-state index contributed by atoms with van der Waals surface area (Å²) in [4.78, 5) is 14.5. The SMILES string of the molecule is CCC(F)(F)c1cc(OCc2ccccc2/C(=C\OC)C(=O)OC)ccc1N(CC1CC1)CC1CC1. The smallest absolute Gasteiger partial charge is 0.341 e. The fourth-order valence-corrected chi connectivity index (χ4v) is 4.38. The van der Waals surface area contributed by atoms with Crippen LogP contribution in [-0.4, -0.2) is 33.3 Å². The molecule has 2 aliphatic rings. The Morgan fingerprint density at radius 3 is 2.31 bits per heavy atom. The van der Waals surface area contributed by atoms with Crippen LogP contribution in [0.4, 0.5) is 14.5 Å². The standard InChI is InChI=1S/C29H35F2NO4/c1-4-29(30,31)26-15-23(13-14-27(26)32(16-20-9-10-20)17-21-11-12-21)36-18-22-7-5-6-8-24(22)25(19-34-2)28(33)35-3/h5-8,13-15,19-21H,4,9-12,16-18H2,1-3H3/b25-19+. The molecular formula is C29H35F2NO4. The Kier molecular flexibility index (Phi) is 8.17. The number of alkyl halides is 2. The molecule has 2 fully saturated rings. The van der Waals surface area contributed by atoms with Gasteiger partial charge in [0.15, 0.2) is 0 Å². The van der Waals surface area contributed by atoms with Gasteiger partial charge in [0.1, 0.15) is 17.9 Å². The Labute approximate surface area is 212 Å². The molecule has 7 heteroatoms. The third-order valence-electron chi connectivity index (χ3n) is 6.84. The highest BCUT2D eigenvalue weighted by Gasteiger charge is 2.36. The van der Waals surface area contributed by atoms with Crippen molar-refractivity contribution in [1.29, 1.82) is 0 Å². The van der Waals surface area contributed by atoms with Crippen molar-refractivity contribution >= 4 is 17.2 Å². The molecule has 194 valence electrons. The van der Waals surface area contributed by atoms with Crippen molar-refractivity contribution in [1.82, 2.24) is 0 Å². The minimum atomic E-state index is -2.96. The van der Waals surface area contributed by atoms with E-state index >= 15 is 8.78 Å². The van der Waals surface area contributed by atoms with Crippen LogP contribution in [-0.2, 0) is 26.8 Å². The molecule has 2 aromatic rings. The lowest BCUT2D eigenvalue weighted by atomic mass is 10.0. The van der Waals surface area contributed by atoms with E-state index in [2.05, 4.69) is 4.90 Å². The zero-order valence-corrected chi connectivity index (χ0v) is 21.3. The van der Waals surface area contributed by atoms with Crippen LogP contribution in [0.3, 0.4) is 0 Å². The van der Waals surface area contributed by atoms with Gasteiger partial charge in [-0.3, -0.25) is 0 Å². The Bertz CT molecular complexity index is 1080. The molecule has 0 bridgehead atoms. The lowest BCUT2D eigenvalue weighted by Crippen LogP contribution is -2.30. The minimum absolute atomic E-state index is 0.0200. The van der Waals surface area contributed by atoms with Crippen molar-refractivity contribution in [2.45, 2.75) is 51.6 Å². The fraction of sp³-hybridized carbons (Fsp3) is 0.483. The number of nitrogens with zero attached hydrogens (tertiary/aromatic N) is 1. The van der Waals surface area contributed by atoms with Crippen LogP contribution in [0.1, 0.15) is 55.7 Å². The van der Waals surface area contributed by atoms with Crippen LogP contribution >= 0.6 is 0 Å². The van der Waals surface area contributed by atoms with E-state index in [1.165, 1.54) is 59.2 Å². The van der Waals surface area contributed by atoms with Crippen LogP contribution in [0.25, 0.3) is 5.57 Å². The van der Waals surface area contributed by atoms with Gasteiger partial charge in [0.05, 0.1) is 20.5 Å². The number of hydrogen-bond acceptors (Lipinski definition) is 5. The molecule has 0 N–H and O–H groups in total. The highest BCUT2D eigenvalue weighted by atomic mass is 19.3. The summed E-state index contributed by atoms with van der Waals surface area (Å²) in [6.45, 7) is 3.27. The summed E-state index contributed by atoms with van der Waals surface area (Å²) >= 11 is 0. The van der Waals surface area contributed by atoms with E-state index in [9.17, 15) is 4.79 Å². The number of carbonyl (C=O) groups excluding carboxylic acids is 1. The summed E-state index contributed by atoms with van der Waals surface area (Å²) in [5.41, 5.74) is 2.20. The van der Waals surface area contributed by atoms with Crippen LogP contribution in [0.15, 0.2) is 48.7 Å². The lowest BCUT2D eigenvalue weighted by molar-refractivity contribution is -0.133. The number of ether oxygens (including phenoxy) is 3. The maximum absolute atomic E-state index is 15.2. The van der Waals surface area contributed by atoms with Gasteiger partial charge in [0.25, 0.3) is 5.92 Å². The zero-order chi connectivity index (χ0) is 25.7. The van der Waals surface area contributed by atoms with Gasteiger partial charge in [-0.05, 0) is 66.8 Å². The summed E-state index contributed by atoms with van der Waals surface area (Å²) in [7, 11) is 2.76. The molecule has 4 rings (SSSR count). The van der Waals surface area contributed by atoms with Crippen LogP contribution in [0.2, 0.25) is 0 Å². The first-order valence-corrected chi connectivity index (χ1v) is 12.7. The van der Waals surface area contributed by atoms with Gasteiger partial charge in [0, 0.05) is 30.8 Å². The topological polar surface area (TPSA) is 48.0 Å². The molecule has 0 saturated heterocycles. The van der Waals surface area contributed by atoms with E-state index < -0.39 is 11.9 Å². The Balaban J connectivity index is 1.60. The molecule has 0 atom stereocenters. The van der Waals surface area contributed by atoms with E-state index in [0.717, 1.165) is 13.1 Å². The van der Waals surface area contributed by atoms with Crippen molar-refractivity contribution in [3.8, 4) is 5.75 Å². The lowest BCUT2D eigenvalue weighted by Gasteiger charge is -2.30. The van der Waals surface area contributed by atoms with Crippen molar-refractivity contribution in [3.63, 3.8) is 0 Å². The molecule has 0 radical (unpaired) electrons. The van der Waals surface area contributed by atoms with E-state index in [0.29, 0.717) is 34.4 Å². The summed E-state index contributed by atoms with van der Waals surface area (Å²) in [5, 5.41) is 0. The highest BCUT2D eigenvalue weighted by molar-refractivity contribution is 6.16. The number of halogens is 2. The number of hydrogen-bond donors (Lipinski definition) is 0. The quantitative estimate of drug-likeness (QED) is 0.178. The van der Waals surface area contributed by atoms with E-state index in [4.69, 9.17) is 14.2 Å². The number of rotatable bonds is 13. The predicted molar refractivity (Wildman–Crippen MR) is 136 cm³/mol. The number of carbonyl (C=O) groups is 1. The first-order chi connectivity index (χ1) is 17.4. The fourth-order valence-electron chi connectivity index (χ4n) is 4.38. The average molecular weight is 500 g/mol. The maximum atomic E-state index is 15.2. The number of anilines is 1. The number of benzene rings is 2. The molecule has 0 spiro atoms. The number of methoxy groups -OCH3 is 2. The van der Waals surface area contributed by atoms with Gasteiger partial charge in [-0.25, -0.2) is 13.6 Å². The van der Waals surface area contributed by atoms with E-state index in [-0.39, 0.29) is 24.2 Å². The molecule has 0 aromatic heterocycles. The molecule has 2 saturated carbocycles. The van der Waals surface area contributed by atoms with Crippen molar-refractivity contribution in [3.05, 3.63) is 65.4 Å². The monoisotopic (exact) mass is 499 g/mol. The molecular weight excluding hydrogens is 464 g/mol. The van der Waals surface area contributed by atoms with Gasteiger partial charge in [0.2, 0.25) is 0 Å². The van der Waals surface area contributed by atoms with Crippen LogP contribution < -0.4 is 9.64 Å². The largest absolute Gasteiger partial charge is 0.503 e. The van der Waals surface area contributed by atoms with Gasteiger partial charge in [-0.15, -0.1) is 0 Å². The molecule has 5 nitrogen and oxygen atoms in total. The number of esters is 1. The normalized spacial score (nSPS) is 16.0. The first kappa shape index (κ1) is 26.0. The van der Waals surface area contributed by atoms with Gasteiger partial charge in [-0.1, -0.05) is 31.2 Å². The Morgan fingerprint density at radius 2 is 1.72 bits per heavy atom. The highest BCUT2D eigenvalue weighted by Crippen LogP contribution is 2.43. The van der Waals surface area contributed by atoms with Crippen LogP contribution in [0, 0.1) is 11.8 Å². The molecule has 2 aromatic carbocycles. The second-order valence-corrected chi connectivity index (χ2v) is 9.73. The maximum Gasteiger partial charge on any atom is 0.341 e. The van der Waals surface area contributed by atoms with Gasteiger partial charge >= 0.3 is 5.97 Å². The molecule has 0 amide bonds. The minimum Gasteiger partial charge on any atom is -0.503 e. The molecule has 36 heavy (non-hydrogen) atoms. The van der Waals surface area contributed by atoms with Gasteiger partial charge in [-0.2, -0.15) is 0 Å². The van der Waals surface area contributed by atoms with Crippen molar-refractivity contribution < 1.29 is 27.8 Å². The van der Waals surface area contributed by atoms with E-state index in [1.807, 2.05) is 12.1 Å². The van der Waals surface area contributed by atoms with Crippen LogP contribution in [0.5, 0.6) is 5.75 Å². The van der Waals surface area contributed by atoms with Crippen molar-refractivity contribution in [2.24, 2.45) is 11.8 Å². The Morgan fingerprint density at radius 1 is 1.06 bits per heavy atom. The second kappa shape index (κ2) is 11.3. The third-order valence-corrected chi connectivity index (χ3v) is 6.84. The summed E-state index contributed by atoms with van der Waals surface area (Å²) in [6.07, 6.45) is 5.74. The Hall–Kier alpha value is -3.09. The molecule has 0 unspecified atom stereocenters. The molecule has 0 heterocycles. The summed E-state index contributed by atoms with van der Waals surface area (Å²) in [5.74, 6) is -1.93. The van der Waals surface area contributed by atoms with E-state index in [1.54, 1.807) is 24.3 Å². The summed E-state index contributed by atoms with van der Waals surface area (Å²) < 4.78 is 46.3. The summed E-state index contributed by atoms with van der Waals surface area (Å²) in [6, 6.07) is 12.3. The van der Waals surface area contributed by atoms with Crippen molar-refractivity contribution in [2.75, 3.05) is 32.2 Å². The average Bonchev–Trinajstić information content (AvgIpc) is 3.83. The first-order valence-electron chi connectivity index (χ1n) is 12.7. The third kappa shape index (κ3) is 6.37. The zero-order valence-electron chi connectivity index (χ0n) is 21.3. The molecule has 2 aliphatic carbocycles. The molecule has 0 aliphatic heterocycles.